The average Bonchev–Trinajstić information content (AvgIpc) is 2.95. The van der Waals surface area contributed by atoms with Gasteiger partial charge in [-0.05, 0) is 69.9 Å². The van der Waals surface area contributed by atoms with Crippen molar-refractivity contribution in [2.75, 3.05) is 54.1 Å². The zero-order chi connectivity index (χ0) is 27.5. The minimum atomic E-state index is -0.443. The van der Waals surface area contributed by atoms with Crippen LogP contribution in [0.2, 0.25) is 0 Å². The largest absolute Gasteiger partial charge is 0.508 e. The van der Waals surface area contributed by atoms with Crippen LogP contribution in [0.4, 0.5) is 0 Å². The molecule has 1 fully saturated rings. The van der Waals surface area contributed by atoms with Gasteiger partial charge < -0.3 is 29.1 Å². The van der Waals surface area contributed by atoms with Gasteiger partial charge in [0.2, 0.25) is 5.91 Å². The van der Waals surface area contributed by atoms with Crippen molar-refractivity contribution in [3.8, 4) is 5.75 Å². The maximum Gasteiger partial charge on any atom is 0.225 e. The highest BCUT2D eigenvalue weighted by Crippen LogP contribution is 2.45. The molecule has 7 heteroatoms. The average molecular weight is 527 g/mol. The summed E-state index contributed by atoms with van der Waals surface area (Å²) in [6.07, 6.45) is 3.37. The molecule has 1 aliphatic rings. The maximum atomic E-state index is 12.9. The number of phenolic OH excluding ortho intramolecular Hbond substituents is 1. The number of benzene rings is 2. The molecule has 1 unspecified atom stereocenters. The fourth-order valence-electron chi connectivity index (χ4n) is 5.34. The first-order valence-corrected chi connectivity index (χ1v) is 13.8. The summed E-state index contributed by atoms with van der Waals surface area (Å²) in [4.78, 5) is 17.1. The topological polar surface area (TPSA) is 71.5 Å². The van der Waals surface area contributed by atoms with Crippen LogP contribution in [0.1, 0.15) is 56.2 Å². The fourth-order valence-corrected chi connectivity index (χ4v) is 5.34. The lowest BCUT2D eigenvalue weighted by Crippen LogP contribution is -2.44. The number of amides is 1. The van der Waals surface area contributed by atoms with Gasteiger partial charge in [-0.2, -0.15) is 0 Å². The summed E-state index contributed by atoms with van der Waals surface area (Å²) in [6, 6.07) is 16.6. The van der Waals surface area contributed by atoms with Crippen LogP contribution in [0.5, 0.6) is 5.75 Å². The van der Waals surface area contributed by atoms with Gasteiger partial charge in [-0.1, -0.05) is 49.4 Å². The first kappa shape index (κ1) is 30.1. The van der Waals surface area contributed by atoms with Gasteiger partial charge in [0.15, 0.2) is 6.29 Å². The van der Waals surface area contributed by atoms with E-state index in [-0.39, 0.29) is 17.4 Å². The van der Waals surface area contributed by atoms with Crippen molar-refractivity contribution in [2.45, 2.75) is 63.7 Å². The van der Waals surface area contributed by atoms with E-state index < -0.39 is 6.29 Å². The van der Waals surface area contributed by atoms with Crippen LogP contribution in [0.25, 0.3) is 0 Å². The second-order valence-corrected chi connectivity index (χ2v) is 10.4. The van der Waals surface area contributed by atoms with Gasteiger partial charge >= 0.3 is 0 Å². The highest BCUT2D eigenvalue weighted by atomic mass is 16.7. The van der Waals surface area contributed by atoms with E-state index in [2.05, 4.69) is 49.2 Å². The van der Waals surface area contributed by atoms with Crippen LogP contribution in [0, 0.1) is 0 Å². The number of rotatable bonds is 14. The van der Waals surface area contributed by atoms with Crippen molar-refractivity contribution in [1.29, 1.82) is 0 Å². The summed E-state index contributed by atoms with van der Waals surface area (Å²) in [5, 5.41) is 11.0. The molecule has 3 rings (SSSR count). The SMILES string of the molecule is CCC(C)N(CC(OC)OC)C(=O)CCOCCc1ccc(O)c(C2(c3ccccc3)CCN(C)CC2)c1. The molecule has 38 heavy (non-hydrogen) atoms. The molecule has 0 radical (unpaired) electrons. The van der Waals surface area contributed by atoms with Crippen molar-refractivity contribution in [1.82, 2.24) is 9.80 Å². The minimum Gasteiger partial charge on any atom is -0.508 e. The molecule has 2 aromatic carbocycles. The molecule has 1 saturated heterocycles. The Labute approximate surface area is 228 Å². The van der Waals surface area contributed by atoms with Crippen molar-refractivity contribution in [3.05, 3.63) is 65.2 Å². The molecule has 1 heterocycles. The van der Waals surface area contributed by atoms with Gasteiger partial charge in [-0.3, -0.25) is 4.79 Å². The van der Waals surface area contributed by atoms with Crippen LogP contribution in [-0.4, -0.2) is 87.3 Å². The summed E-state index contributed by atoms with van der Waals surface area (Å²) in [6.45, 7) is 7.35. The van der Waals surface area contributed by atoms with Crippen LogP contribution in [0.15, 0.2) is 48.5 Å². The number of carbonyl (C=O) groups excluding carboxylic acids is 1. The Kier molecular flexibility index (Phi) is 11.6. The summed E-state index contributed by atoms with van der Waals surface area (Å²) in [7, 11) is 5.32. The van der Waals surface area contributed by atoms with Crippen LogP contribution in [0.3, 0.4) is 0 Å². The van der Waals surface area contributed by atoms with E-state index in [1.165, 1.54) is 5.56 Å². The first-order chi connectivity index (χ1) is 18.3. The van der Waals surface area contributed by atoms with Gasteiger partial charge in [0, 0.05) is 31.2 Å². The molecule has 1 N–H and O–H groups in total. The van der Waals surface area contributed by atoms with Crippen molar-refractivity contribution in [3.63, 3.8) is 0 Å². The molecule has 1 atom stereocenters. The molecular formula is C31H46N2O5. The number of likely N-dealkylation sites (tertiary alicyclic amines) is 1. The number of hydrogen-bond acceptors (Lipinski definition) is 6. The minimum absolute atomic E-state index is 0.0393. The second-order valence-electron chi connectivity index (χ2n) is 10.4. The quantitative estimate of drug-likeness (QED) is 0.287. The third-order valence-corrected chi connectivity index (χ3v) is 8.05. The van der Waals surface area contributed by atoms with Gasteiger partial charge in [-0.25, -0.2) is 0 Å². The lowest BCUT2D eigenvalue weighted by molar-refractivity contribution is -0.149. The number of methoxy groups -OCH3 is 2. The summed E-state index contributed by atoms with van der Waals surface area (Å²) in [5.41, 5.74) is 3.18. The van der Waals surface area contributed by atoms with Crippen molar-refractivity contribution in [2.24, 2.45) is 0 Å². The second kappa shape index (κ2) is 14.6. The van der Waals surface area contributed by atoms with Gasteiger partial charge in [-0.15, -0.1) is 0 Å². The van der Waals surface area contributed by atoms with E-state index in [0.717, 1.165) is 49.9 Å². The zero-order valence-electron chi connectivity index (χ0n) is 23.8. The molecule has 0 aromatic heterocycles. The smallest absolute Gasteiger partial charge is 0.225 e. The third-order valence-electron chi connectivity index (χ3n) is 8.05. The number of nitrogens with zero attached hydrogens (tertiary/aromatic N) is 2. The van der Waals surface area contributed by atoms with E-state index in [0.29, 0.717) is 31.9 Å². The van der Waals surface area contributed by atoms with Gasteiger partial charge in [0.05, 0.1) is 26.2 Å². The molecule has 0 saturated carbocycles. The number of piperidine rings is 1. The van der Waals surface area contributed by atoms with Crippen LogP contribution >= 0.6 is 0 Å². The molecule has 0 aliphatic carbocycles. The van der Waals surface area contributed by atoms with E-state index in [9.17, 15) is 9.90 Å². The normalized spacial score (nSPS) is 16.5. The number of carbonyl (C=O) groups is 1. The Bertz CT molecular complexity index is 987. The number of phenols is 1. The van der Waals surface area contributed by atoms with Crippen LogP contribution in [-0.2, 0) is 30.8 Å². The molecule has 1 aliphatic heterocycles. The van der Waals surface area contributed by atoms with Crippen molar-refractivity contribution >= 4 is 5.91 Å². The van der Waals surface area contributed by atoms with Gasteiger partial charge in [0.25, 0.3) is 0 Å². The Hall–Kier alpha value is -2.45. The lowest BCUT2D eigenvalue weighted by atomic mass is 9.67. The number of aromatic hydroxyl groups is 1. The molecule has 210 valence electrons. The molecule has 2 aromatic rings. The van der Waals surface area contributed by atoms with Crippen LogP contribution < -0.4 is 0 Å². The number of ether oxygens (including phenoxy) is 3. The Balaban J connectivity index is 1.61. The van der Waals surface area contributed by atoms with Gasteiger partial charge in [0.1, 0.15) is 5.75 Å². The number of hydrogen-bond donors (Lipinski definition) is 1. The predicted molar refractivity (Wildman–Crippen MR) is 150 cm³/mol. The standard InChI is InChI=1S/C31H46N2O5/c1-6-24(2)33(23-30(36-4)37-5)29(35)15-21-38-20-14-25-12-13-28(34)27(22-25)31(16-18-32(3)19-17-31)26-10-8-7-9-11-26/h7-13,22,24,30,34H,6,14-21,23H2,1-5H3. The molecular weight excluding hydrogens is 480 g/mol. The molecule has 7 nitrogen and oxygen atoms in total. The maximum absolute atomic E-state index is 12.9. The molecule has 1 amide bonds. The van der Waals surface area contributed by atoms with E-state index in [4.69, 9.17) is 14.2 Å². The highest BCUT2D eigenvalue weighted by molar-refractivity contribution is 5.76. The lowest BCUT2D eigenvalue weighted by Gasteiger charge is -2.42. The predicted octanol–water partition coefficient (Wildman–Crippen LogP) is 4.60. The highest BCUT2D eigenvalue weighted by Gasteiger charge is 2.39. The molecule has 0 spiro atoms. The fraction of sp³-hybridized carbons (Fsp3) is 0.581. The summed E-state index contributed by atoms with van der Waals surface area (Å²) in [5.74, 6) is 0.390. The summed E-state index contributed by atoms with van der Waals surface area (Å²) >= 11 is 0. The molecule has 0 bridgehead atoms. The Morgan fingerprint density at radius 3 is 2.39 bits per heavy atom. The Morgan fingerprint density at radius 2 is 1.76 bits per heavy atom. The first-order valence-electron chi connectivity index (χ1n) is 13.8. The zero-order valence-corrected chi connectivity index (χ0v) is 23.8. The van der Waals surface area contributed by atoms with E-state index >= 15 is 0 Å². The van der Waals surface area contributed by atoms with E-state index in [1.807, 2.05) is 30.0 Å². The third kappa shape index (κ3) is 7.56. The summed E-state index contributed by atoms with van der Waals surface area (Å²) < 4.78 is 16.5. The Morgan fingerprint density at radius 1 is 1.08 bits per heavy atom. The van der Waals surface area contributed by atoms with Crippen molar-refractivity contribution < 1.29 is 24.1 Å². The monoisotopic (exact) mass is 526 g/mol. The van der Waals surface area contributed by atoms with E-state index in [1.54, 1.807) is 14.2 Å².